The fourth-order valence-corrected chi connectivity index (χ4v) is 3.15. The molecule has 1 aliphatic rings. The lowest BCUT2D eigenvalue weighted by Crippen LogP contribution is -2.32. The highest BCUT2D eigenvalue weighted by Gasteiger charge is 2.46. The lowest BCUT2D eigenvalue weighted by Gasteiger charge is -2.21. The molecule has 1 aliphatic carbocycles. The van der Waals surface area contributed by atoms with E-state index >= 15 is 0 Å². The second-order valence-corrected chi connectivity index (χ2v) is 5.94. The number of benzene rings is 2. The first-order valence-corrected chi connectivity index (χ1v) is 7.81. The molecule has 0 aliphatic heterocycles. The number of rotatable bonds is 4. The van der Waals surface area contributed by atoms with Gasteiger partial charge in [0.25, 0.3) is 0 Å². The van der Waals surface area contributed by atoms with Crippen molar-refractivity contribution in [1.29, 1.82) is 0 Å². The normalized spacial score (nSPS) is 19.8. The molecule has 4 heteroatoms. The minimum atomic E-state index is -0.299. The van der Waals surface area contributed by atoms with Crippen molar-refractivity contribution < 1.29 is 9.18 Å². The fraction of sp³-hybridized carbons (Fsp3) is 0.278. The van der Waals surface area contributed by atoms with Gasteiger partial charge in [0.15, 0.2) is 0 Å². The third kappa shape index (κ3) is 2.86. The Morgan fingerprint density at radius 2 is 1.91 bits per heavy atom. The fourth-order valence-electron chi connectivity index (χ4n) is 2.87. The molecule has 0 aromatic heterocycles. The van der Waals surface area contributed by atoms with Crippen LogP contribution in [0.15, 0.2) is 48.5 Å². The van der Waals surface area contributed by atoms with E-state index in [4.69, 9.17) is 11.6 Å². The van der Waals surface area contributed by atoms with E-state index in [0.29, 0.717) is 11.6 Å². The number of halogens is 2. The van der Waals surface area contributed by atoms with E-state index in [-0.39, 0.29) is 23.6 Å². The zero-order valence-electron chi connectivity index (χ0n) is 12.3. The maximum Gasteiger partial charge on any atom is 0.230 e. The van der Waals surface area contributed by atoms with E-state index in [0.717, 1.165) is 17.7 Å². The Morgan fingerprint density at radius 3 is 2.55 bits per heavy atom. The van der Waals surface area contributed by atoms with Gasteiger partial charge in [-0.3, -0.25) is 4.79 Å². The van der Waals surface area contributed by atoms with E-state index in [1.165, 1.54) is 12.1 Å². The van der Waals surface area contributed by atoms with Gasteiger partial charge in [0.1, 0.15) is 5.82 Å². The molecule has 114 valence electrons. The molecule has 0 radical (unpaired) electrons. The number of carbonyl (C=O) groups is 1. The monoisotopic (exact) mass is 317 g/mol. The van der Waals surface area contributed by atoms with Crippen molar-refractivity contribution >= 4 is 23.2 Å². The first kappa shape index (κ1) is 15.0. The van der Waals surface area contributed by atoms with E-state index in [1.807, 2.05) is 31.2 Å². The van der Waals surface area contributed by atoms with Crippen LogP contribution in [-0.2, 0) is 4.79 Å². The van der Waals surface area contributed by atoms with E-state index in [9.17, 15) is 9.18 Å². The van der Waals surface area contributed by atoms with Crippen LogP contribution < -0.4 is 4.90 Å². The standard InChI is InChI=1S/C18H17ClFNO/c1-2-21(13-9-7-12(20)8-10-13)18(22)16-11-15(16)14-5-3-4-6-17(14)19/h3-10,15-16H,2,11H2,1H3. The maximum absolute atomic E-state index is 13.0. The highest BCUT2D eigenvalue weighted by Crippen LogP contribution is 2.50. The molecule has 0 bridgehead atoms. The third-order valence-corrected chi connectivity index (χ3v) is 4.48. The maximum atomic E-state index is 13.0. The molecule has 0 N–H and O–H groups in total. The number of anilines is 1. The second-order valence-electron chi connectivity index (χ2n) is 5.53. The summed E-state index contributed by atoms with van der Waals surface area (Å²) in [5, 5.41) is 0.715. The Labute approximate surface area is 134 Å². The average Bonchev–Trinajstić information content (AvgIpc) is 3.30. The molecule has 2 aromatic rings. The minimum absolute atomic E-state index is 0.0371. The molecular formula is C18H17ClFNO. The van der Waals surface area contributed by atoms with Gasteiger partial charge in [-0.1, -0.05) is 29.8 Å². The van der Waals surface area contributed by atoms with Crippen molar-refractivity contribution in [3.8, 4) is 0 Å². The van der Waals surface area contributed by atoms with Crippen LogP contribution in [0, 0.1) is 11.7 Å². The number of amides is 1. The third-order valence-electron chi connectivity index (χ3n) is 4.13. The summed E-state index contributed by atoms with van der Waals surface area (Å²) in [7, 11) is 0. The molecule has 2 unspecified atom stereocenters. The van der Waals surface area contributed by atoms with Crippen molar-refractivity contribution in [2.24, 2.45) is 5.92 Å². The van der Waals surface area contributed by atoms with Crippen molar-refractivity contribution in [2.45, 2.75) is 19.3 Å². The largest absolute Gasteiger partial charge is 0.312 e. The van der Waals surface area contributed by atoms with Crippen LogP contribution in [0.25, 0.3) is 0 Å². The summed E-state index contributed by atoms with van der Waals surface area (Å²) in [4.78, 5) is 14.4. The molecule has 1 amide bonds. The van der Waals surface area contributed by atoms with Gasteiger partial charge in [-0.25, -0.2) is 4.39 Å². The minimum Gasteiger partial charge on any atom is -0.312 e. The predicted molar refractivity (Wildman–Crippen MR) is 86.7 cm³/mol. The van der Waals surface area contributed by atoms with Crippen LogP contribution in [0.5, 0.6) is 0 Å². The zero-order chi connectivity index (χ0) is 15.7. The van der Waals surface area contributed by atoms with E-state index in [2.05, 4.69) is 0 Å². The van der Waals surface area contributed by atoms with Gasteiger partial charge < -0.3 is 4.90 Å². The van der Waals surface area contributed by atoms with Gasteiger partial charge >= 0.3 is 0 Å². The van der Waals surface area contributed by atoms with Crippen LogP contribution in [0.3, 0.4) is 0 Å². The summed E-state index contributed by atoms with van der Waals surface area (Å²) in [5.41, 5.74) is 1.77. The highest BCUT2D eigenvalue weighted by molar-refractivity contribution is 6.31. The smallest absolute Gasteiger partial charge is 0.230 e. The molecule has 2 atom stereocenters. The Balaban J connectivity index is 1.77. The summed E-state index contributed by atoms with van der Waals surface area (Å²) in [6, 6.07) is 13.7. The van der Waals surface area contributed by atoms with Gasteiger partial charge in [-0.05, 0) is 55.2 Å². The molecule has 2 aromatic carbocycles. The Hall–Kier alpha value is -1.87. The summed E-state index contributed by atoms with van der Waals surface area (Å²) < 4.78 is 13.0. The lowest BCUT2D eigenvalue weighted by atomic mass is 10.1. The van der Waals surface area contributed by atoms with E-state index in [1.54, 1.807) is 17.0 Å². The number of carbonyl (C=O) groups excluding carboxylic acids is 1. The van der Waals surface area contributed by atoms with Crippen molar-refractivity contribution in [2.75, 3.05) is 11.4 Å². The molecule has 2 nitrogen and oxygen atoms in total. The molecule has 3 rings (SSSR count). The van der Waals surface area contributed by atoms with Gasteiger partial charge in [0, 0.05) is 23.2 Å². The van der Waals surface area contributed by atoms with Crippen LogP contribution >= 0.6 is 11.6 Å². The summed E-state index contributed by atoms with van der Waals surface area (Å²) in [6.45, 7) is 2.49. The zero-order valence-corrected chi connectivity index (χ0v) is 13.1. The Kier molecular flexibility index (Phi) is 4.16. The predicted octanol–water partition coefficient (Wildman–Crippen LogP) is 4.64. The number of hydrogen-bond donors (Lipinski definition) is 0. The average molecular weight is 318 g/mol. The molecular weight excluding hydrogens is 301 g/mol. The number of hydrogen-bond acceptors (Lipinski definition) is 1. The summed E-state index contributed by atoms with van der Waals surface area (Å²) in [5.74, 6) is -0.0627. The SMILES string of the molecule is CCN(C(=O)C1CC1c1ccccc1Cl)c1ccc(F)cc1. The van der Waals surface area contributed by atoms with Crippen LogP contribution in [0.2, 0.25) is 5.02 Å². The van der Waals surface area contributed by atoms with Crippen molar-refractivity contribution in [3.63, 3.8) is 0 Å². The van der Waals surface area contributed by atoms with Gasteiger partial charge in [-0.15, -0.1) is 0 Å². The molecule has 0 heterocycles. The van der Waals surface area contributed by atoms with Crippen LogP contribution in [-0.4, -0.2) is 12.5 Å². The highest BCUT2D eigenvalue weighted by atomic mass is 35.5. The van der Waals surface area contributed by atoms with Crippen molar-refractivity contribution in [1.82, 2.24) is 0 Å². The summed E-state index contributed by atoms with van der Waals surface area (Å²) in [6.07, 6.45) is 0.820. The quantitative estimate of drug-likeness (QED) is 0.804. The molecule has 22 heavy (non-hydrogen) atoms. The van der Waals surface area contributed by atoms with Crippen LogP contribution in [0.1, 0.15) is 24.8 Å². The molecule has 1 fully saturated rings. The van der Waals surface area contributed by atoms with E-state index < -0.39 is 0 Å². The lowest BCUT2D eigenvalue weighted by molar-refractivity contribution is -0.119. The number of nitrogens with zero attached hydrogens (tertiary/aromatic N) is 1. The summed E-state index contributed by atoms with van der Waals surface area (Å²) >= 11 is 6.21. The first-order chi connectivity index (χ1) is 10.6. The Morgan fingerprint density at radius 1 is 1.23 bits per heavy atom. The molecule has 1 saturated carbocycles. The second kappa shape index (κ2) is 6.09. The van der Waals surface area contributed by atoms with Gasteiger partial charge in [-0.2, -0.15) is 0 Å². The van der Waals surface area contributed by atoms with Gasteiger partial charge in [0.2, 0.25) is 5.91 Å². The molecule has 0 spiro atoms. The van der Waals surface area contributed by atoms with Crippen molar-refractivity contribution in [3.05, 3.63) is 64.9 Å². The van der Waals surface area contributed by atoms with Crippen LogP contribution in [0.4, 0.5) is 10.1 Å². The first-order valence-electron chi connectivity index (χ1n) is 7.43. The van der Waals surface area contributed by atoms with Gasteiger partial charge in [0.05, 0.1) is 0 Å². The molecule has 0 saturated heterocycles. The Bertz CT molecular complexity index is 686. The topological polar surface area (TPSA) is 20.3 Å².